The molecule has 1 saturated heterocycles. The maximum Gasteiger partial charge on any atom is 0.0300 e. The molecule has 2 nitrogen and oxygen atoms in total. The number of hydrogen-bond acceptors (Lipinski definition) is 2. The molecule has 0 bridgehead atoms. The molecular weight excluding hydrogens is 160 g/mol. The maximum atomic E-state index is 4.23. The van der Waals surface area contributed by atoms with Gasteiger partial charge in [-0.2, -0.15) is 0 Å². The van der Waals surface area contributed by atoms with Crippen LogP contribution in [0.1, 0.15) is 24.5 Å². The van der Waals surface area contributed by atoms with Gasteiger partial charge in [0.25, 0.3) is 0 Å². The zero-order chi connectivity index (χ0) is 9.10. The highest BCUT2D eigenvalue weighted by molar-refractivity contribution is 5.18. The lowest BCUT2D eigenvalue weighted by Crippen LogP contribution is -1.96. The lowest BCUT2D eigenvalue weighted by atomic mass is 10.1. The molecule has 2 heterocycles. The molecule has 0 unspecified atom stereocenters. The summed E-state index contributed by atoms with van der Waals surface area (Å²) in [5.41, 5.74) is 2.73. The first-order chi connectivity index (χ1) is 6.38. The average molecular weight is 176 g/mol. The van der Waals surface area contributed by atoms with Gasteiger partial charge in [0.05, 0.1) is 0 Å². The SMILES string of the molecule is CCc1cncc(CC[C@@H]2CN2)c1. The molecule has 2 rings (SSSR count). The number of aryl methyl sites for hydroxylation is 2. The van der Waals surface area contributed by atoms with Crippen molar-refractivity contribution in [2.45, 2.75) is 32.2 Å². The van der Waals surface area contributed by atoms with Gasteiger partial charge in [-0.1, -0.05) is 13.0 Å². The Bertz CT molecular complexity index is 279. The monoisotopic (exact) mass is 176 g/mol. The van der Waals surface area contributed by atoms with Crippen molar-refractivity contribution in [3.63, 3.8) is 0 Å². The number of hydrogen-bond donors (Lipinski definition) is 1. The molecule has 0 aromatic carbocycles. The van der Waals surface area contributed by atoms with Crippen LogP contribution in [-0.2, 0) is 12.8 Å². The summed E-state index contributed by atoms with van der Waals surface area (Å²) >= 11 is 0. The molecule has 0 spiro atoms. The average Bonchev–Trinajstić information content (AvgIpc) is 2.99. The highest BCUT2D eigenvalue weighted by Crippen LogP contribution is 2.10. The Morgan fingerprint density at radius 3 is 2.92 bits per heavy atom. The summed E-state index contributed by atoms with van der Waals surface area (Å²) in [6.07, 6.45) is 7.45. The lowest BCUT2D eigenvalue weighted by molar-refractivity contribution is 0.797. The summed E-state index contributed by atoms with van der Waals surface area (Å²) in [4.78, 5) is 4.23. The van der Waals surface area contributed by atoms with Crippen molar-refractivity contribution in [3.8, 4) is 0 Å². The van der Waals surface area contributed by atoms with E-state index in [0.29, 0.717) is 0 Å². The Balaban J connectivity index is 1.93. The molecular formula is C11H16N2. The van der Waals surface area contributed by atoms with Crippen LogP contribution in [0.5, 0.6) is 0 Å². The van der Waals surface area contributed by atoms with Gasteiger partial charge in [0.2, 0.25) is 0 Å². The molecule has 1 aromatic heterocycles. The Hall–Kier alpha value is -0.890. The quantitative estimate of drug-likeness (QED) is 0.706. The van der Waals surface area contributed by atoms with E-state index in [1.807, 2.05) is 12.4 Å². The molecule has 0 radical (unpaired) electrons. The second-order valence-corrected chi connectivity index (χ2v) is 3.70. The minimum atomic E-state index is 0.783. The summed E-state index contributed by atoms with van der Waals surface area (Å²) < 4.78 is 0. The van der Waals surface area contributed by atoms with Crippen LogP contribution < -0.4 is 5.32 Å². The van der Waals surface area contributed by atoms with Gasteiger partial charge in [-0.05, 0) is 30.4 Å². The van der Waals surface area contributed by atoms with Crippen LogP contribution in [-0.4, -0.2) is 17.6 Å². The third-order valence-electron chi connectivity index (χ3n) is 2.53. The van der Waals surface area contributed by atoms with E-state index in [1.165, 1.54) is 30.5 Å². The Morgan fingerprint density at radius 1 is 1.46 bits per heavy atom. The first-order valence-corrected chi connectivity index (χ1v) is 5.04. The smallest absolute Gasteiger partial charge is 0.0300 e. The van der Waals surface area contributed by atoms with E-state index in [-0.39, 0.29) is 0 Å². The minimum absolute atomic E-state index is 0.783. The van der Waals surface area contributed by atoms with Gasteiger partial charge in [-0.3, -0.25) is 4.98 Å². The van der Waals surface area contributed by atoms with E-state index < -0.39 is 0 Å². The standard InChI is InChI=1S/C11H16N2/c1-2-9-5-10(7-12-6-9)3-4-11-8-13-11/h5-7,11,13H,2-4,8H2,1H3/t11-/m1/s1. The number of nitrogens with one attached hydrogen (secondary N) is 1. The third kappa shape index (κ3) is 2.52. The topological polar surface area (TPSA) is 34.8 Å². The van der Waals surface area contributed by atoms with E-state index >= 15 is 0 Å². The fourth-order valence-corrected chi connectivity index (χ4v) is 1.50. The van der Waals surface area contributed by atoms with Gasteiger partial charge in [-0.25, -0.2) is 0 Å². The van der Waals surface area contributed by atoms with Crippen LogP contribution in [0.25, 0.3) is 0 Å². The molecule has 1 atom stereocenters. The third-order valence-corrected chi connectivity index (χ3v) is 2.53. The molecule has 1 aliphatic heterocycles. The molecule has 0 amide bonds. The molecule has 1 aliphatic rings. The van der Waals surface area contributed by atoms with Gasteiger partial charge in [0.1, 0.15) is 0 Å². The fourth-order valence-electron chi connectivity index (χ4n) is 1.50. The van der Waals surface area contributed by atoms with Gasteiger partial charge in [0.15, 0.2) is 0 Å². The number of nitrogens with zero attached hydrogens (tertiary/aromatic N) is 1. The first kappa shape index (κ1) is 8.70. The molecule has 1 fully saturated rings. The summed E-state index contributed by atoms with van der Waals surface area (Å²) in [6, 6.07) is 3.06. The van der Waals surface area contributed by atoms with Crippen molar-refractivity contribution in [1.82, 2.24) is 10.3 Å². The Morgan fingerprint density at radius 2 is 2.23 bits per heavy atom. The summed E-state index contributed by atoms with van der Waals surface area (Å²) in [5, 5.41) is 3.31. The molecule has 2 heteroatoms. The molecule has 1 aromatic rings. The van der Waals surface area contributed by atoms with Gasteiger partial charge in [-0.15, -0.1) is 0 Å². The maximum absolute atomic E-state index is 4.23. The van der Waals surface area contributed by atoms with Crippen molar-refractivity contribution in [2.75, 3.05) is 6.54 Å². The largest absolute Gasteiger partial charge is 0.311 e. The van der Waals surface area contributed by atoms with Crippen molar-refractivity contribution in [1.29, 1.82) is 0 Å². The Kier molecular flexibility index (Phi) is 2.60. The predicted molar refractivity (Wildman–Crippen MR) is 53.7 cm³/mol. The summed E-state index contributed by atoms with van der Waals surface area (Å²) in [7, 11) is 0. The van der Waals surface area contributed by atoms with E-state index in [1.54, 1.807) is 0 Å². The van der Waals surface area contributed by atoms with Crippen LogP contribution in [0.2, 0.25) is 0 Å². The van der Waals surface area contributed by atoms with Gasteiger partial charge < -0.3 is 5.32 Å². The van der Waals surface area contributed by atoms with Crippen LogP contribution in [0, 0.1) is 0 Å². The normalized spacial score (nSPS) is 20.2. The van der Waals surface area contributed by atoms with Crippen LogP contribution >= 0.6 is 0 Å². The molecule has 70 valence electrons. The van der Waals surface area contributed by atoms with Crippen molar-refractivity contribution >= 4 is 0 Å². The summed E-state index contributed by atoms with van der Waals surface area (Å²) in [6.45, 7) is 3.38. The molecule has 1 N–H and O–H groups in total. The number of aromatic nitrogens is 1. The van der Waals surface area contributed by atoms with E-state index in [2.05, 4.69) is 23.3 Å². The molecule has 0 aliphatic carbocycles. The number of pyridine rings is 1. The van der Waals surface area contributed by atoms with Gasteiger partial charge in [0, 0.05) is 25.0 Å². The highest BCUT2D eigenvalue weighted by atomic mass is 15.1. The summed E-state index contributed by atoms with van der Waals surface area (Å²) in [5.74, 6) is 0. The van der Waals surface area contributed by atoms with Gasteiger partial charge >= 0.3 is 0 Å². The zero-order valence-corrected chi connectivity index (χ0v) is 8.09. The molecule has 0 saturated carbocycles. The molecule has 13 heavy (non-hydrogen) atoms. The van der Waals surface area contributed by atoms with Crippen molar-refractivity contribution in [3.05, 3.63) is 29.6 Å². The predicted octanol–water partition coefficient (Wildman–Crippen LogP) is 1.55. The van der Waals surface area contributed by atoms with Crippen molar-refractivity contribution in [2.24, 2.45) is 0 Å². The number of rotatable bonds is 4. The first-order valence-electron chi connectivity index (χ1n) is 5.04. The second-order valence-electron chi connectivity index (χ2n) is 3.70. The van der Waals surface area contributed by atoms with E-state index in [0.717, 1.165) is 12.5 Å². The van der Waals surface area contributed by atoms with Crippen LogP contribution in [0.4, 0.5) is 0 Å². The van der Waals surface area contributed by atoms with Crippen LogP contribution in [0.3, 0.4) is 0 Å². The zero-order valence-electron chi connectivity index (χ0n) is 8.09. The van der Waals surface area contributed by atoms with E-state index in [4.69, 9.17) is 0 Å². The minimum Gasteiger partial charge on any atom is -0.311 e. The van der Waals surface area contributed by atoms with E-state index in [9.17, 15) is 0 Å². The Labute approximate surface area is 79.4 Å². The van der Waals surface area contributed by atoms with Crippen LogP contribution in [0.15, 0.2) is 18.5 Å². The second kappa shape index (κ2) is 3.88. The lowest BCUT2D eigenvalue weighted by Gasteiger charge is -2.01. The van der Waals surface area contributed by atoms with Crippen molar-refractivity contribution < 1.29 is 0 Å². The fraction of sp³-hybridized carbons (Fsp3) is 0.545. The highest BCUT2D eigenvalue weighted by Gasteiger charge is 2.18.